The van der Waals surface area contributed by atoms with Crippen LogP contribution in [0.4, 0.5) is 0 Å². The van der Waals surface area contributed by atoms with Crippen molar-refractivity contribution in [3.63, 3.8) is 0 Å². The average Bonchev–Trinajstić information content (AvgIpc) is 3.28. The van der Waals surface area contributed by atoms with Gasteiger partial charge in [0.15, 0.2) is 22.9 Å². The number of halogens is 1. The van der Waals surface area contributed by atoms with Crippen LogP contribution < -0.4 is 9.47 Å². The molecule has 0 aliphatic rings. The summed E-state index contributed by atoms with van der Waals surface area (Å²) < 4.78 is 14.3. The van der Waals surface area contributed by atoms with Crippen molar-refractivity contribution in [2.24, 2.45) is 0 Å². The molecule has 0 fully saturated rings. The minimum absolute atomic E-state index is 0.0253. The maximum Gasteiger partial charge on any atom is 0.196 e. The van der Waals surface area contributed by atoms with Crippen LogP contribution in [0.1, 0.15) is 29.2 Å². The SMILES string of the molecule is COc1cccc(OC(C)c2nnc(SCC(=O)c3ccc(Br)cc3)n2-c2ccccc2)c1. The van der Waals surface area contributed by atoms with Crippen molar-refractivity contribution in [1.82, 2.24) is 14.8 Å². The number of nitrogens with zero attached hydrogens (tertiary/aromatic N) is 3. The number of benzene rings is 3. The first-order valence-electron chi connectivity index (χ1n) is 10.3. The van der Waals surface area contributed by atoms with E-state index in [9.17, 15) is 4.79 Å². The van der Waals surface area contributed by atoms with Gasteiger partial charge in [0.25, 0.3) is 0 Å². The standard InChI is InChI=1S/C25H22BrN3O3S/c1-17(32-22-10-6-9-21(15-22)31-2)24-27-28-25(29(24)20-7-4-3-5-8-20)33-16-23(30)18-11-13-19(26)14-12-18/h3-15,17H,16H2,1-2H3. The highest BCUT2D eigenvalue weighted by Gasteiger charge is 2.22. The number of hydrogen-bond acceptors (Lipinski definition) is 6. The highest BCUT2D eigenvalue weighted by atomic mass is 79.9. The van der Waals surface area contributed by atoms with Gasteiger partial charge in [-0.15, -0.1) is 10.2 Å². The Hall–Kier alpha value is -3.10. The van der Waals surface area contributed by atoms with E-state index >= 15 is 0 Å². The number of Topliss-reactive ketones (excluding diaryl/α,β-unsaturated/α-hetero) is 1. The van der Waals surface area contributed by atoms with Crippen LogP contribution in [0.25, 0.3) is 5.69 Å². The number of carbonyl (C=O) groups is 1. The molecule has 4 aromatic rings. The topological polar surface area (TPSA) is 66.2 Å². The molecule has 0 N–H and O–H groups in total. The normalized spacial score (nSPS) is 11.7. The third-order valence-corrected chi connectivity index (χ3v) is 6.35. The number of para-hydroxylation sites is 1. The number of carbonyl (C=O) groups excluding carboxylic acids is 1. The average molecular weight is 524 g/mol. The highest BCUT2D eigenvalue weighted by molar-refractivity contribution is 9.10. The molecule has 0 radical (unpaired) electrons. The second-order valence-corrected chi connectivity index (χ2v) is 9.03. The molecule has 0 saturated carbocycles. The number of rotatable bonds is 9. The first-order valence-corrected chi connectivity index (χ1v) is 12.1. The predicted molar refractivity (Wildman–Crippen MR) is 133 cm³/mol. The lowest BCUT2D eigenvalue weighted by Crippen LogP contribution is -2.12. The fourth-order valence-corrected chi connectivity index (χ4v) is 4.36. The van der Waals surface area contributed by atoms with Crippen molar-refractivity contribution in [3.8, 4) is 17.2 Å². The summed E-state index contributed by atoms with van der Waals surface area (Å²) in [5, 5.41) is 9.42. The number of hydrogen-bond donors (Lipinski definition) is 0. The maximum atomic E-state index is 12.7. The Balaban J connectivity index is 1.59. The van der Waals surface area contributed by atoms with Gasteiger partial charge in [-0.1, -0.05) is 64.1 Å². The Bertz CT molecular complexity index is 1230. The highest BCUT2D eigenvalue weighted by Crippen LogP contribution is 2.29. The molecule has 0 saturated heterocycles. The zero-order valence-corrected chi connectivity index (χ0v) is 20.5. The molecular formula is C25H22BrN3O3S. The van der Waals surface area contributed by atoms with Crippen LogP contribution in [-0.2, 0) is 0 Å². The molecule has 0 spiro atoms. The molecule has 1 aromatic heterocycles. The second-order valence-electron chi connectivity index (χ2n) is 7.17. The van der Waals surface area contributed by atoms with Crippen molar-refractivity contribution in [2.45, 2.75) is 18.2 Å². The molecule has 3 aromatic carbocycles. The number of methoxy groups -OCH3 is 1. The molecule has 168 valence electrons. The first kappa shape index (κ1) is 23.1. The van der Waals surface area contributed by atoms with Crippen LogP contribution in [0.2, 0.25) is 0 Å². The van der Waals surface area contributed by atoms with Crippen molar-refractivity contribution in [2.75, 3.05) is 12.9 Å². The summed E-state index contributed by atoms with van der Waals surface area (Å²) in [6.07, 6.45) is -0.388. The summed E-state index contributed by atoms with van der Waals surface area (Å²) in [4.78, 5) is 12.7. The van der Waals surface area contributed by atoms with Crippen LogP contribution in [0.5, 0.6) is 11.5 Å². The van der Waals surface area contributed by atoms with Crippen molar-refractivity contribution < 1.29 is 14.3 Å². The predicted octanol–water partition coefficient (Wildman–Crippen LogP) is 6.15. The van der Waals surface area contributed by atoms with Gasteiger partial charge >= 0.3 is 0 Å². The molecule has 4 rings (SSSR count). The van der Waals surface area contributed by atoms with Gasteiger partial charge in [-0.2, -0.15) is 0 Å². The number of thioether (sulfide) groups is 1. The van der Waals surface area contributed by atoms with Gasteiger partial charge < -0.3 is 9.47 Å². The Morgan fingerprint density at radius 3 is 2.45 bits per heavy atom. The summed E-state index contributed by atoms with van der Waals surface area (Å²) in [6.45, 7) is 1.92. The molecular weight excluding hydrogens is 502 g/mol. The van der Waals surface area contributed by atoms with Gasteiger partial charge in [0.2, 0.25) is 0 Å². The van der Waals surface area contributed by atoms with Gasteiger partial charge in [-0.3, -0.25) is 9.36 Å². The lowest BCUT2D eigenvalue weighted by molar-refractivity contribution is 0.102. The number of ketones is 1. The van der Waals surface area contributed by atoms with E-state index in [0.717, 1.165) is 10.2 Å². The van der Waals surface area contributed by atoms with E-state index in [2.05, 4.69) is 26.1 Å². The molecule has 8 heteroatoms. The minimum Gasteiger partial charge on any atom is -0.497 e. The van der Waals surface area contributed by atoms with E-state index < -0.39 is 0 Å². The van der Waals surface area contributed by atoms with Crippen LogP contribution in [0.15, 0.2) is 88.5 Å². The van der Waals surface area contributed by atoms with Crippen LogP contribution in [0, 0.1) is 0 Å². The van der Waals surface area contributed by atoms with Gasteiger partial charge in [0, 0.05) is 21.8 Å². The van der Waals surface area contributed by atoms with Gasteiger partial charge in [-0.25, -0.2) is 0 Å². The third-order valence-electron chi connectivity index (χ3n) is 4.89. The largest absolute Gasteiger partial charge is 0.497 e. The molecule has 1 heterocycles. The third kappa shape index (κ3) is 5.64. The molecule has 6 nitrogen and oxygen atoms in total. The Kier molecular flexibility index (Phi) is 7.47. The van der Waals surface area contributed by atoms with E-state index in [-0.39, 0.29) is 17.6 Å². The number of aromatic nitrogens is 3. The fourth-order valence-electron chi connectivity index (χ4n) is 3.24. The van der Waals surface area contributed by atoms with Gasteiger partial charge in [-0.05, 0) is 43.3 Å². The number of ether oxygens (including phenoxy) is 2. The molecule has 0 aliphatic carbocycles. The van der Waals surface area contributed by atoms with Crippen LogP contribution >= 0.6 is 27.7 Å². The Morgan fingerprint density at radius 1 is 1.00 bits per heavy atom. The summed E-state index contributed by atoms with van der Waals surface area (Å²) in [7, 11) is 1.62. The van der Waals surface area contributed by atoms with Gasteiger partial charge in [0.1, 0.15) is 11.5 Å². The summed E-state index contributed by atoms with van der Waals surface area (Å²) >= 11 is 4.75. The molecule has 0 amide bonds. The van der Waals surface area contributed by atoms with Crippen molar-refractivity contribution in [1.29, 1.82) is 0 Å². The second kappa shape index (κ2) is 10.7. The molecule has 0 aliphatic heterocycles. The van der Waals surface area contributed by atoms with Gasteiger partial charge in [0.05, 0.1) is 12.9 Å². The van der Waals surface area contributed by atoms with Crippen molar-refractivity contribution in [3.05, 3.63) is 94.7 Å². The molecule has 33 heavy (non-hydrogen) atoms. The van der Waals surface area contributed by atoms with Crippen LogP contribution in [-0.4, -0.2) is 33.4 Å². The summed E-state index contributed by atoms with van der Waals surface area (Å²) in [6, 6.07) is 24.6. The lowest BCUT2D eigenvalue weighted by atomic mass is 10.2. The summed E-state index contributed by atoms with van der Waals surface area (Å²) in [5.41, 5.74) is 1.56. The van der Waals surface area contributed by atoms with E-state index in [4.69, 9.17) is 9.47 Å². The monoisotopic (exact) mass is 523 g/mol. The zero-order valence-electron chi connectivity index (χ0n) is 18.1. The Morgan fingerprint density at radius 2 is 1.73 bits per heavy atom. The molecule has 1 unspecified atom stereocenters. The van der Waals surface area contributed by atoms with E-state index in [1.165, 1.54) is 11.8 Å². The van der Waals surface area contributed by atoms with E-state index in [1.54, 1.807) is 7.11 Å². The quantitative estimate of drug-likeness (QED) is 0.193. The molecule has 0 bridgehead atoms. The minimum atomic E-state index is -0.388. The van der Waals surface area contributed by atoms with Crippen LogP contribution in [0.3, 0.4) is 0 Å². The van der Waals surface area contributed by atoms with E-state index in [0.29, 0.717) is 28.0 Å². The maximum absolute atomic E-state index is 12.7. The Labute approximate surface area is 205 Å². The smallest absolute Gasteiger partial charge is 0.196 e. The van der Waals surface area contributed by atoms with E-state index in [1.807, 2.05) is 90.4 Å². The molecule has 1 atom stereocenters. The first-order chi connectivity index (χ1) is 16.0. The fraction of sp³-hybridized carbons (Fsp3) is 0.160. The summed E-state index contributed by atoms with van der Waals surface area (Å²) in [5.74, 6) is 2.30. The van der Waals surface area contributed by atoms with Crippen molar-refractivity contribution >= 4 is 33.5 Å². The zero-order chi connectivity index (χ0) is 23.2. The lowest BCUT2D eigenvalue weighted by Gasteiger charge is -2.17.